The molecule has 5 nitrogen and oxygen atoms in total. The standard InChI is InChI=1S/C15H15ClFN5/c1-22-8-10(5-9-3-2-4-11(17)6-9)14(21-22)12-7-13(16)20-15(18)19-12/h2-4,6-8,13H,5H2,1H3,(H3,18,19,20). The van der Waals surface area contributed by atoms with E-state index in [9.17, 15) is 4.39 Å². The number of benzene rings is 1. The van der Waals surface area contributed by atoms with Gasteiger partial charge < -0.3 is 11.1 Å². The summed E-state index contributed by atoms with van der Waals surface area (Å²) in [4.78, 5) is 3.98. The van der Waals surface area contributed by atoms with E-state index in [0.717, 1.165) is 16.8 Å². The largest absolute Gasteiger partial charge is 0.370 e. The van der Waals surface area contributed by atoms with Crippen LogP contribution >= 0.6 is 11.6 Å². The van der Waals surface area contributed by atoms with E-state index < -0.39 is 5.50 Å². The van der Waals surface area contributed by atoms with Crippen LogP contribution in [0.4, 0.5) is 4.39 Å². The maximum atomic E-state index is 13.3. The van der Waals surface area contributed by atoms with E-state index >= 15 is 0 Å². The fourth-order valence-corrected chi connectivity index (χ4v) is 2.65. The third-order valence-electron chi connectivity index (χ3n) is 3.27. The Morgan fingerprint density at radius 2 is 2.27 bits per heavy atom. The predicted molar refractivity (Wildman–Crippen MR) is 84.8 cm³/mol. The van der Waals surface area contributed by atoms with Crippen molar-refractivity contribution >= 4 is 23.3 Å². The Labute approximate surface area is 132 Å². The maximum absolute atomic E-state index is 13.3. The summed E-state index contributed by atoms with van der Waals surface area (Å²) >= 11 is 6.03. The van der Waals surface area contributed by atoms with Crippen LogP contribution in [0.5, 0.6) is 0 Å². The number of aromatic nitrogens is 2. The van der Waals surface area contributed by atoms with E-state index in [0.29, 0.717) is 12.1 Å². The number of alkyl halides is 1. The minimum absolute atomic E-state index is 0.250. The molecule has 0 fully saturated rings. The molecular weight excluding hydrogens is 305 g/mol. The third kappa shape index (κ3) is 3.12. The summed E-state index contributed by atoms with van der Waals surface area (Å²) in [5.41, 5.74) is 8.44. The average Bonchev–Trinajstić information content (AvgIpc) is 2.78. The van der Waals surface area contributed by atoms with Crippen molar-refractivity contribution in [3.05, 3.63) is 59.2 Å². The van der Waals surface area contributed by atoms with Gasteiger partial charge in [-0.3, -0.25) is 4.68 Å². The normalized spacial score (nSPS) is 17.7. The molecule has 3 N–H and O–H groups in total. The Morgan fingerprint density at radius 1 is 1.45 bits per heavy atom. The lowest BCUT2D eigenvalue weighted by Gasteiger charge is -2.16. The first-order valence-corrected chi connectivity index (χ1v) is 7.18. The summed E-state index contributed by atoms with van der Waals surface area (Å²) in [6, 6.07) is 6.51. The number of rotatable bonds is 3. The SMILES string of the molecule is Cn1cc(Cc2cccc(F)c2)c(C2=CC(Cl)N=C(N)N2)n1. The number of halogens is 2. The van der Waals surface area contributed by atoms with Crippen molar-refractivity contribution in [3.63, 3.8) is 0 Å². The minimum Gasteiger partial charge on any atom is -0.370 e. The van der Waals surface area contributed by atoms with E-state index in [4.69, 9.17) is 17.3 Å². The molecule has 3 rings (SSSR count). The molecule has 1 aliphatic rings. The highest BCUT2D eigenvalue weighted by atomic mass is 35.5. The van der Waals surface area contributed by atoms with Crippen molar-refractivity contribution in [1.29, 1.82) is 0 Å². The van der Waals surface area contributed by atoms with Crippen LogP contribution in [0.15, 0.2) is 41.5 Å². The molecule has 2 aromatic rings. The summed E-state index contributed by atoms with van der Waals surface area (Å²) in [5.74, 6) is -0.00462. The van der Waals surface area contributed by atoms with Gasteiger partial charge in [0.1, 0.15) is 17.0 Å². The van der Waals surface area contributed by atoms with Crippen molar-refractivity contribution in [1.82, 2.24) is 15.1 Å². The van der Waals surface area contributed by atoms with Crippen LogP contribution < -0.4 is 11.1 Å². The van der Waals surface area contributed by atoms with Gasteiger partial charge in [0.15, 0.2) is 5.96 Å². The Kier molecular flexibility index (Phi) is 3.85. The van der Waals surface area contributed by atoms with Crippen molar-refractivity contribution in [2.45, 2.75) is 11.9 Å². The number of aryl methyl sites for hydroxylation is 1. The number of nitrogens with two attached hydrogens (primary N) is 1. The Balaban J connectivity index is 1.94. The average molecular weight is 320 g/mol. The van der Waals surface area contributed by atoms with E-state index in [1.807, 2.05) is 19.3 Å². The number of nitrogens with one attached hydrogen (secondary N) is 1. The van der Waals surface area contributed by atoms with Crippen molar-refractivity contribution in [2.75, 3.05) is 0 Å². The Morgan fingerprint density at radius 3 is 3.00 bits per heavy atom. The second-order valence-corrected chi connectivity index (χ2v) is 5.52. The highest BCUT2D eigenvalue weighted by molar-refractivity contribution is 6.23. The molecule has 2 heterocycles. The summed E-state index contributed by atoms with van der Waals surface area (Å²) in [5, 5.41) is 7.41. The van der Waals surface area contributed by atoms with Crippen molar-refractivity contribution in [3.8, 4) is 0 Å². The molecule has 0 bridgehead atoms. The highest BCUT2D eigenvalue weighted by Gasteiger charge is 2.18. The molecule has 0 saturated heterocycles. The number of hydrogen-bond donors (Lipinski definition) is 2. The van der Waals surface area contributed by atoms with Gasteiger partial charge in [-0.2, -0.15) is 5.10 Å². The lowest BCUT2D eigenvalue weighted by molar-refractivity contribution is 0.626. The highest BCUT2D eigenvalue weighted by Crippen LogP contribution is 2.22. The molecule has 1 unspecified atom stereocenters. The molecular formula is C15H15ClFN5. The van der Waals surface area contributed by atoms with E-state index in [1.165, 1.54) is 12.1 Å². The van der Waals surface area contributed by atoms with Crippen LogP contribution in [-0.4, -0.2) is 21.2 Å². The van der Waals surface area contributed by atoms with Crippen LogP contribution in [0, 0.1) is 5.82 Å². The number of nitrogens with zero attached hydrogens (tertiary/aromatic N) is 3. The van der Waals surface area contributed by atoms with Gasteiger partial charge in [0.2, 0.25) is 0 Å². The second-order valence-electron chi connectivity index (χ2n) is 5.08. The summed E-state index contributed by atoms with van der Waals surface area (Å²) < 4.78 is 15.0. The van der Waals surface area contributed by atoms with E-state index in [1.54, 1.807) is 16.8 Å². The first-order chi connectivity index (χ1) is 10.5. The lowest BCUT2D eigenvalue weighted by atomic mass is 10.0. The van der Waals surface area contributed by atoms with E-state index in [2.05, 4.69) is 15.4 Å². The molecule has 1 aliphatic heterocycles. The third-order valence-corrected chi connectivity index (χ3v) is 3.50. The number of hydrogen-bond acceptors (Lipinski definition) is 4. The van der Waals surface area contributed by atoms with Crippen molar-refractivity contribution < 1.29 is 4.39 Å². The van der Waals surface area contributed by atoms with Gasteiger partial charge in [-0.1, -0.05) is 23.7 Å². The van der Waals surface area contributed by atoms with Gasteiger partial charge in [0.25, 0.3) is 0 Å². The smallest absolute Gasteiger partial charge is 0.194 e. The molecule has 0 radical (unpaired) electrons. The molecule has 0 saturated carbocycles. The van der Waals surface area contributed by atoms with Gasteiger partial charge in [-0.15, -0.1) is 0 Å². The Hall–Kier alpha value is -2.34. The van der Waals surface area contributed by atoms with Gasteiger partial charge in [0, 0.05) is 25.2 Å². The van der Waals surface area contributed by atoms with Crippen LogP contribution in [0.1, 0.15) is 16.8 Å². The van der Waals surface area contributed by atoms with Crippen LogP contribution in [0.25, 0.3) is 5.70 Å². The van der Waals surface area contributed by atoms with E-state index in [-0.39, 0.29) is 11.8 Å². The molecule has 0 aliphatic carbocycles. The zero-order valence-electron chi connectivity index (χ0n) is 11.9. The molecule has 22 heavy (non-hydrogen) atoms. The molecule has 0 amide bonds. The maximum Gasteiger partial charge on any atom is 0.194 e. The lowest BCUT2D eigenvalue weighted by Crippen LogP contribution is -2.34. The zero-order chi connectivity index (χ0) is 15.7. The first kappa shape index (κ1) is 14.6. The minimum atomic E-state index is -0.528. The molecule has 114 valence electrons. The Bertz CT molecular complexity index is 765. The fourth-order valence-electron chi connectivity index (χ4n) is 2.42. The topological polar surface area (TPSA) is 68.2 Å². The molecule has 1 aromatic carbocycles. The molecule has 0 spiro atoms. The zero-order valence-corrected chi connectivity index (χ0v) is 12.7. The number of guanidine groups is 1. The van der Waals surface area contributed by atoms with Gasteiger partial charge >= 0.3 is 0 Å². The quantitative estimate of drug-likeness (QED) is 0.671. The van der Waals surface area contributed by atoms with Gasteiger partial charge in [0.05, 0.1) is 5.70 Å². The van der Waals surface area contributed by atoms with Crippen LogP contribution in [0.3, 0.4) is 0 Å². The first-order valence-electron chi connectivity index (χ1n) is 6.75. The van der Waals surface area contributed by atoms with Gasteiger partial charge in [-0.05, 0) is 23.8 Å². The fraction of sp³-hybridized carbons (Fsp3) is 0.200. The molecule has 1 aromatic heterocycles. The predicted octanol–water partition coefficient (Wildman–Crippen LogP) is 1.97. The van der Waals surface area contributed by atoms with Crippen LogP contribution in [0.2, 0.25) is 0 Å². The monoisotopic (exact) mass is 319 g/mol. The molecule has 7 heteroatoms. The molecule has 1 atom stereocenters. The summed E-state index contributed by atoms with van der Waals surface area (Å²) in [6.45, 7) is 0. The second kappa shape index (κ2) is 5.81. The summed E-state index contributed by atoms with van der Waals surface area (Å²) in [7, 11) is 1.83. The van der Waals surface area contributed by atoms with Gasteiger partial charge in [-0.25, -0.2) is 9.38 Å². The number of aliphatic imine (C=N–C) groups is 1. The summed E-state index contributed by atoms with van der Waals surface area (Å²) in [6.07, 6.45) is 4.20. The van der Waals surface area contributed by atoms with Crippen LogP contribution in [-0.2, 0) is 13.5 Å². The van der Waals surface area contributed by atoms with Crippen molar-refractivity contribution in [2.24, 2.45) is 17.8 Å².